The normalized spacial score (nSPS) is 29.4. The molecule has 1 fully saturated rings. The Morgan fingerprint density at radius 3 is 3.00 bits per heavy atom. The molecule has 13 heavy (non-hydrogen) atoms. The van der Waals surface area contributed by atoms with E-state index in [-0.39, 0.29) is 11.9 Å². The van der Waals surface area contributed by atoms with Gasteiger partial charge in [0.05, 0.1) is 17.7 Å². The van der Waals surface area contributed by atoms with Crippen LogP contribution in [0.25, 0.3) is 0 Å². The van der Waals surface area contributed by atoms with Gasteiger partial charge in [-0.25, -0.2) is 4.39 Å². The zero-order valence-corrected chi connectivity index (χ0v) is 7.90. The summed E-state index contributed by atoms with van der Waals surface area (Å²) in [5, 5.41) is 0.336. The third-order valence-corrected chi connectivity index (χ3v) is 2.76. The van der Waals surface area contributed by atoms with Gasteiger partial charge in [-0.2, -0.15) is 5.48 Å². The van der Waals surface area contributed by atoms with Crippen LogP contribution in [0.1, 0.15) is 19.3 Å². The molecule has 0 spiro atoms. The molecule has 4 heteroatoms. The number of allylic oxidation sites excluding steroid dienone is 3. The van der Waals surface area contributed by atoms with Crippen molar-refractivity contribution in [2.24, 2.45) is 0 Å². The molecule has 72 valence electrons. The monoisotopic (exact) mass is 203 g/mol. The lowest BCUT2D eigenvalue weighted by molar-refractivity contribution is 0.0925. The van der Waals surface area contributed by atoms with Gasteiger partial charge in [0, 0.05) is 0 Å². The molecule has 1 aliphatic heterocycles. The maximum Gasteiger partial charge on any atom is 0.137 e. The van der Waals surface area contributed by atoms with Crippen molar-refractivity contribution in [3.8, 4) is 0 Å². The van der Waals surface area contributed by atoms with Gasteiger partial charge in [0.25, 0.3) is 0 Å². The van der Waals surface area contributed by atoms with Crippen molar-refractivity contribution in [2.75, 3.05) is 6.61 Å². The largest absolute Gasteiger partial charge is 0.301 e. The van der Waals surface area contributed by atoms with Crippen molar-refractivity contribution in [2.45, 2.75) is 25.3 Å². The molecule has 0 aromatic heterocycles. The highest BCUT2D eigenvalue weighted by molar-refractivity contribution is 6.30. The van der Waals surface area contributed by atoms with E-state index < -0.39 is 0 Å². The van der Waals surface area contributed by atoms with E-state index in [4.69, 9.17) is 16.4 Å². The van der Waals surface area contributed by atoms with Crippen LogP contribution in [-0.2, 0) is 4.84 Å². The van der Waals surface area contributed by atoms with E-state index in [2.05, 4.69) is 5.48 Å². The second-order valence-corrected chi connectivity index (χ2v) is 3.74. The Kier molecular flexibility index (Phi) is 2.67. The van der Waals surface area contributed by atoms with E-state index in [1.807, 2.05) is 0 Å². The summed E-state index contributed by atoms with van der Waals surface area (Å²) in [6.45, 7) is 0.696. The van der Waals surface area contributed by atoms with Crippen molar-refractivity contribution in [3.63, 3.8) is 0 Å². The summed E-state index contributed by atoms with van der Waals surface area (Å²) in [5.41, 5.74) is 3.92. The second kappa shape index (κ2) is 3.78. The van der Waals surface area contributed by atoms with E-state index in [1.165, 1.54) is 6.08 Å². The summed E-state index contributed by atoms with van der Waals surface area (Å²) in [6, 6.07) is 0.176. The zero-order chi connectivity index (χ0) is 9.26. The van der Waals surface area contributed by atoms with E-state index in [9.17, 15) is 4.39 Å². The molecule has 1 unspecified atom stereocenters. The number of hydrogen-bond acceptors (Lipinski definition) is 2. The molecule has 0 aromatic rings. The molecular formula is C9H11ClFNO. The van der Waals surface area contributed by atoms with Gasteiger partial charge in [-0.1, -0.05) is 11.6 Å². The van der Waals surface area contributed by atoms with Crippen LogP contribution >= 0.6 is 11.6 Å². The summed E-state index contributed by atoms with van der Waals surface area (Å²) in [7, 11) is 0. The summed E-state index contributed by atoms with van der Waals surface area (Å²) in [5.74, 6) is -0.295. The first kappa shape index (κ1) is 9.19. The molecule has 0 radical (unpaired) electrons. The number of rotatable bonds is 1. The van der Waals surface area contributed by atoms with Crippen LogP contribution in [0.5, 0.6) is 0 Å². The maximum absolute atomic E-state index is 13.1. The van der Waals surface area contributed by atoms with Crippen LogP contribution < -0.4 is 5.48 Å². The Hall–Kier alpha value is -0.380. The van der Waals surface area contributed by atoms with Gasteiger partial charge in [0.15, 0.2) is 0 Å². The fourth-order valence-electron chi connectivity index (χ4n) is 1.62. The van der Waals surface area contributed by atoms with Crippen molar-refractivity contribution in [3.05, 3.63) is 22.5 Å². The summed E-state index contributed by atoms with van der Waals surface area (Å²) in [6.07, 6.45) is 3.87. The highest BCUT2D eigenvalue weighted by Gasteiger charge is 2.22. The number of hydrogen-bond donors (Lipinski definition) is 1. The molecule has 0 bridgehead atoms. The van der Waals surface area contributed by atoms with Gasteiger partial charge >= 0.3 is 0 Å². The summed E-state index contributed by atoms with van der Waals surface area (Å²) < 4.78 is 13.1. The SMILES string of the molecule is FC1=C(Cl)CCC(C2CCON2)=C1. The number of hydroxylamine groups is 1. The fraction of sp³-hybridized carbons (Fsp3) is 0.556. The average Bonchev–Trinajstić information content (AvgIpc) is 2.62. The average molecular weight is 204 g/mol. The van der Waals surface area contributed by atoms with Crippen molar-refractivity contribution < 1.29 is 9.23 Å². The quantitative estimate of drug-likeness (QED) is 0.707. The Bertz CT molecular complexity index is 269. The molecular weight excluding hydrogens is 193 g/mol. The molecule has 0 aromatic carbocycles. The summed E-state index contributed by atoms with van der Waals surface area (Å²) in [4.78, 5) is 5.01. The first-order valence-electron chi connectivity index (χ1n) is 4.39. The first-order valence-corrected chi connectivity index (χ1v) is 4.77. The van der Waals surface area contributed by atoms with Crippen LogP contribution in [0.2, 0.25) is 0 Å². The minimum Gasteiger partial charge on any atom is -0.301 e. The maximum atomic E-state index is 13.1. The van der Waals surface area contributed by atoms with Crippen LogP contribution in [0.4, 0.5) is 4.39 Å². The van der Waals surface area contributed by atoms with Crippen molar-refractivity contribution in [1.29, 1.82) is 0 Å². The van der Waals surface area contributed by atoms with Crippen molar-refractivity contribution >= 4 is 11.6 Å². The van der Waals surface area contributed by atoms with Crippen LogP contribution in [0.3, 0.4) is 0 Å². The zero-order valence-electron chi connectivity index (χ0n) is 7.15. The smallest absolute Gasteiger partial charge is 0.137 e. The van der Waals surface area contributed by atoms with Gasteiger partial charge in [-0.15, -0.1) is 0 Å². The molecule has 1 heterocycles. The lowest BCUT2D eigenvalue weighted by atomic mass is 9.96. The van der Waals surface area contributed by atoms with Gasteiger partial charge < -0.3 is 4.84 Å². The van der Waals surface area contributed by atoms with Crippen molar-refractivity contribution in [1.82, 2.24) is 5.48 Å². The molecule has 1 atom stereocenters. The van der Waals surface area contributed by atoms with Gasteiger partial charge in [0.1, 0.15) is 5.83 Å². The Morgan fingerprint density at radius 2 is 2.38 bits per heavy atom. The topological polar surface area (TPSA) is 21.3 Å². The highest BCUT2D eigenvalue weighted by atomic mass is 35.5. The minimum atomic E-state index is -0.295. The van der Waals surface area contributed by atoms with Crippen LogP contribution in [0, 0.1) is 0 Å². The minimum absolute atomic E-state index is 0.176. The standard InChI is InChI=1S/C9H11ClFNO/c10-7-2-1-6(5-8(7)11)9-3-4-13-12-9/h5,9,12H,1-4H2. The first-order chi connectivity index (χ1) is 6.27. The van der Waals surface area contributed by atoms with E-state index >= 15 is 0 Å². The summed E-state index contributed by atoms with van der Waals surface area (Å²) >= 11 is 5.65. The molecule has 1 aliphatic carbocycles. The molecule has 1 N–H and O–H groups in total. The third-order valence-electron chi connectivity index (χ3n) is 2.39. The highest BCUT2D eigenvalue weighted by Crippen LogP contribution is 2.30. The van der Waals surface area contributed by atoms with Gasteiger partial charge in [0.2, 0.25) is 0 Å². The predicted octanol–water partition coefficient (Wildman–Crippen LogP) is 2.42. The predicted molar refractivity (Wildman–Crippen MR) is 48.8 cm³/mol. The van der Waals surface area contributed by atoms with Crippen LogP contribution in [-0.4, -0.2) is 12.6 Å². The Labute approximate surface area is 81.4 Å². The van der Waals surface area contributed by atoms with E-state index in [1.54, 1.807) is 0 Å². The van der Waals surface area contributed by atoms with Gasteiger partial charge in [-0.3, -0.25) is 0 Å². The van der Waals surface area contributed by atoms with Gasteiger partial charge in [-0.05, 0) is 30.9 Å². The molecule has 2 rings (SSSR count). The molecule has 2 aliphatic rings. The Morgan fingerprint density at radius 1 is 1.54 bits per heavy atom. The van der Waals surface area contributed by atoms with E-state index in [0.717, 1.165) is 18.4 Å². The molecule has 2 nitrogen and oxygen atoms in total. The fourth-order valence-corrected chi connectivity index (χ4v) is 1.77. The van der Waals surface area contributed by atoms with Crippen LogP contribution in [0.15, 0.2) is 22.5 Å². The molecule has 0 saturated carbocycles. The molecule has 1 saturated heterocycles. The third kappa shape index (κ3) is 1.93. The van der Waals surface area contributed by atoms with E-state index in [0.29, 0.717) is 18.1 Å². The number of nitrogens with one attached hydrogen (secondary N) is 1. The molecule has 0 amide bonds. The Balaban J connectivity index is 2.12. The second-order valence-electron chi connectivity index (χ2n) is 3.28. The number of halogens is 2. The lowest BCUT2D eigenvalue weighted by Gasteiger charge is -2.17. The lowest BCUT2D eigenvalue weighted by Crippen LogP contribution is -2.23.